The second-order valence-electron chi connectivity index (χ2n) is 5.99. The van der Waals surface area contributed by atoms with E-state index in [-0.39, 0.29) is 17.5 Å². The molecule has 0 saturated heterocycles. The van der Waals surface area contributed by atoms with E-state index in [1.807, 2.05) is 32.2 Å². The summed E-state index contributed by atoms with van der Waals surface area (Å²) in [6.07, 6.45) is 1.78. The highest BCUT2D eigenvalue weighted by molar-refractivity contribution is 7.96. The Kier molecular flexibility index (Phi) is 6.98. The molecular weight excluding hydrogens is 284 g/mol. The molecule has 1 aromatic rings. The van der Waals surface area contributed by atoms with Crippen molar-refractivity contribution in [2.45, 2.75) is 38.8 Å². The van der Waals surface area contributed by atoms with Gasteiger partial charge in [0.25, 0.3) is 0 Å². The molecule has 1 rings (SSSR count). The van der Waals surface area contributed by atoms with Gasteiger partial charge in [-0.3, -0.25) is 0 Å². The monoisotopic (exact) mass is 310 g/mol. The third-order valence-corrected chi connectivity index (χ3v) is 3.90. The highest BCUT2D eigenvalue weighted by Crippen LogP contribution is 2.24. The topological polar surface area (TPSA) is 57.3 Å². The first-order valence-corrected chi connectivity index (χ1v) is 7.94. The van der Waals surface area contributed by atoms with Crippen molar-refractivity contribution in [3.05, 3.63) is 24.4 Å². The summed E-state index contributed by atoms with van der Waals surface area (Å²) in [5.41, 5.74) is -0.0238. The Hall–Kier alpha value is -1.27. The van der Waals surface area contributed by atoms with Gasteiger partial charge in [-0.15, -0.1) is 0 Å². The standard InChI is InChI=1S/C15H26N4OS/c1-6-16-14(20)18-12(15(2,3)4)11-19(5)21-13-9-7-8-10-17-13/h7-10,12H,6,11H2,1-5H3,(H2,16,18,20). The first-order valence-electron chi connectivity index (χ1n) is 7.17. The predicted molar refractivity (Wildman–Crippen MR) is 88.2 cm³/mol. The van der Waals surface area contributed by atoms with E-state index in [0.29, 0.717) is 6.54 Å². The van der Waals surface area contributed by atoms with Crippen molar-refractivity contribution in [2.75, 3.05) is 20.1 Å². The molecule has 0 saturated carbocycles. The number of pyridine rings is 1. The summed E-state index contributed by atoms with van der Waals surface area (Å²) in [5, 5.41) is 6.78. The van der Waals surface area contributed by atoms with Crippen LogP contribution in [0.4, 0.5) is 4.79 Å². The Bertz CT molecular complexity index is 433. The molecule has 1 aromatic heterocycles. The van der Waals surface area contributed by atoms with Gasteiger partial charge >= 0.3 is 6.03 Å². The SMILES string of the molecule is CCNC(=O)NC(CN(C)Sc1ccccn1)C(C)(C)C. The fourth-order valence-corrected chi connectivity index (χ4v) is 2.55. The maximum atomic E-state index is 11.8. The maximum Gasteiger partial charge on any atom is 0.315 e. The molecule has 0 bridgehead atoms. The van der Waals surface area contributed by atoms with Gasteiger partial charge < -0.3 is 10.6 Å². The first-order chi connectivity index (χ1) is 9.82. The average molecular weight is 310 g/mol. The zero-order valence-corrected chi connectivity index (χ0v) is 14.3. The number of aromatic nitrogens is 1. The quantitative estimate of drug-likeness (QED) is 0.793. The second-order valence-corrected chi connectivity index (χ2v) is 7.22. The lowest BCUT2D eigenvalue weighted by atomic mass is 9.87. The van der Waals surface area contributed by atoms with Gasteiger partial charge in [-0.25, -0.2) is 14.1 Å². The van der Waals surface area contributed by atoms with E-state index in [1.54, 1.807) is 18.1 Å². The number of urea groups is 1. The molecule has 2 amide bonds. The van der Waals surface area contributed by atoms with Crippen molar-refractivity contribution in [1.82, 2.24) is 19.9 Å². The Morgan fingerprint density at radius 2 is 2.14 bits per heavy atom. The largest absolute Gasteiger partial charge is 0.338 e. The van der Waals surface area contributed by atoms with E-state index >= 15 is 0 Å². The maximum absolute atomic E-state index is 11.8. The number of rotatable bonds is 6. The number of likely N-dealkylation sites (N-methyl/N-ethyl adjacent to an activating group) is 1. The van der Waals surface area contributed by atoms with Crippen LogP contribution in [0.3, 0.4) is 0 Å². The number of nitrogens with one attached hydrogen (secondary N) is 2. The van der Waals surface area contributed by atoms with Gasteiger partial charge in [0.05, 0.1) is 0 Å². The van der Waals surface area contributed by atoms with Gasteiger partial charge in [0.1, 0.15) is 5.03 Å². The minimum Gasteiger partial charge on any atom is -0.338 e. The molecule has 6 heteroatoms. The van der Waals surface area contributed by atoms with Crippen LogP contribution in [0.1, 0.15) is 27.7 Å². The van der Waals surface area contributed by atoms with Crippen LogP contribution in [0.2, 0.25) is 0 Å². The molecule has 2 N–H and O–H groups in total. The lowest BCUT2D eigenvalue weighted by Gasteiger charge is -2.34. The molecule has 0 radical (unpaired) electrons. The fraction of sp³-hybridized carbons (Fsp3) is 0.600. The normalized spacial score (nSPS) is 13.0. The van der Waals surface area contributed by atoms with Crippen LogP contribution >= 0.6 is 11.9 Å². The molecule has 1 atom stereocenters. The van der Waals surface area contributed by atoms with Crippen LogP contribution in [0.5, 0.6) is 0 Å². The summed E-state index contributed by atoms with van der Waals surface area (Å²) in [7, 11) is 2.01. The summed E-state index contributed by atoms with van der Waals surface area (Å²) in [6.45, 7) is 9.66. The van der Waals surface area contributed by atoms with Crippen molar-refractivity contribution in [2.24, 2.45) is 5.41 Å². The average Bonchev–Trinajstić information content (AvgIpc) is 2.38. The number of nitrogens with zero attached hydrogens (tertiary/aromatic N) is 2. The molecule has 1 unspecified atom stereocenters. The van der Waals surface area contributed by atoms with Crippen LogP contribution in [-0.4, -0.2) is 41.5 Å². The smallest absolute Gasteiger partial charge is 0.315 e. The third-order valence-electron chi connectivity index (χ3n) is 3.01. The highest BCUT2D eigenvalue weighted by Gasteiger charge is 2.27. The number of hydrogen-bond acceptors (Lipinski definition) is 4. The Balaban J connectivity index is 2.61. The van der Waals surface area contributed by atoms with Crippen LogP contribution in [-0.2, 0) is 0 Å². The van der Waals surface area contributed by atoms with Crippen molar-refractivity contribution < 1.29 is 4.79 Å². The van der Waals surface area contributed by atoms with Gasteiger partial charge in [0, 0.05) is 25.3 Å². The highest BCUT2D eigenvalue weighted by atomic mass is 32.2. The second kappa shape index (κ2) is 8.24. The first kappa shape index (κ1) is 17.8. The van der Waals surface area contributed by atoms with E-state index in [0.717, 1.165) is 11.6 Å². The van der Waals surface area contributed by atoms with Crippen molar-refractivity contribution in [3.8, 4) is 0 Å². The number of amides is 2. The van der Waals surface area contributed by atoms with Crippen LogP contribution in [0.15, 0.2) is 29.4 Å². The Morgan fingerprint density at radius 1 is 1.43 bits per heavy atom. The number of carbonyl (C=O) groups excluding carboxylic acids is 1. The molecule has 0 aromatic carbocycles. The summed E-state index contributed by atoms with van der Waals surface area (Å²) >= 11 is 1.58. The summed E-state index contributed by atoms with van der Waals surface area (Å²) in [5.74, 6) is 0. The molecule has 0 fully saturated rings. The number of carbonyl (C=O) groups is 1. The molecule has 21 heavy (non-hydrogen) atoms. The van der Waals surface area contributed by atoms with Gasteiger partial charge in [-0.05, 0) is 43.5 Å². The lowest BCUT2D eigenvalue weighted by molar-refractivity contribution is 0.209. The summed E-state index contributed by atoms with van der Waals surface area (Å²) in [6, 6.07) is 5.78. The molecule has 0 aliphatic rings. The van der Waals surface area contributed by atoms with Crippen molar-refractivity contribution in [3.63, 3.8) is 0 Å². The lowest BCUT2D eigenvalue weighted by Crippen LogP contribution is -2.52. The minimum atomic E-state index is -0.117. The van der Waals surface area contributed by atoms with Crippen molar-refractivity contribution >= 4 is 18.0 Å². The third kappa shape index (κ3) is 6.82. The van der Waals surface area contributed by atoms with E-state index in [4.69, 9.17) is 0 Å². The molecule has 0 aliphatic heterocycles. The molecule has 0 aliphatic carbocycles. The Labute approximate surface area is 132 Å². The Morgan fingerprint density at radius 3 is 2.67 bits per heavy atom. The van der Waals surface area contributed by atoms with Crippen molar-refractivity contribution in [1.29, 1.82) is 0 Å². The van der Waals surface area contributed by atoms with E-state index in [2.05, 4.69) is 40.7 Å². The van der Waals surface area contributed by atoms with Gasteiger partial charge in [-0.2, -0.15) is 0 Å². The van der Waals surface area contributed by atoms with E-state index < -0.39 is 0 Å². The molecule has 5 nitrogen and oxygen atoms in total. The van der Waals surface area contributed by atoms with Gasteiger partial charge in [0.2, 0.25) is 0 Å². The molecule has 1 heterocycles. The number of hydrogen-bond donors (Lipinski definition) is 2. The minimum absolute atomic E-state index is 0.0238. The summed E-state index contributed by atoms with van der Waals surface area (Å²) in [4.78, 5) is 16.1. The molecule has 118 valence electrons. The van der Waals surface area contributed by atoms with E-state index in [9.17, 15) is 4.79 Å². The van der Waals surface area contributed by atoms with Crippen LogP contribution in [0.25, 0.3) is 0 Å². The zero-order chi connectivity index (χ0) is 15.9. The fourth-order valence-electron chi connectivity index (χ4n) is 1.76. The molecular formula is C15H26N4OS. The predicted octanol–water partition coefficient (Wildman–Crippen LogP) is 2.75. The van der Waals surface area contributed by atoms with Crippen LogP contribution in [0, 0.1) is 5.41 Å². The van der Waals surface area contributed by atoms with Crippen LogP contribution < -0.4 is 10.6 Å². The van der Waals surface area contributed by atoms with Gasteiger partial charge in [0.15, 0.2) is 0 Å². The zero-order valence-electron chi connectivity index (χ0n) is 13.5. The van der Waals surface area contributed by atoms with Gasteiger partial charge in [-0.1, -0.05) is 26.8 Å². The van der Waals surface area contributed by atoms with E-state index in [1.165, 1.54) is 0 Å². The molecule has 0 spiro atoms. The summed E-state index contributed by atoms with van der Waals surface area (Å²) < 4.78 is 2.10.